The van der Waals surface area contributed by atoms with Crippen LogP contribution < -0.4 is 11.1 Å². The number of carboxylic acid groups (broad SMARTS) is 1. The lowest BCUT2D eigenvalue weighted by Gasteiger charge is -2.12. The van der Waals surface area contributed by atoms with Gasteiger partial charge < -0.3 is 20.9 Å². The standard InChI is InChI=1S/C15H20N2O4/c1-21-10-2-3-13(15(19)20)17-14(18)9-6-11-4-7-12(16)8-5-11/h4-9,13H,2-3,10,16H2,1H3,(H,17,18)(H,19,20)/b9-6+. The smallest absolute Gasteiger partial charge is 0.326 e. The first-order chi connectivity index (χ1) is 10.0. The molecule has 0 aliphatic heterocycles. The van der Waals surface area contributed by atoms with Crippen LogP contribution in [0.5, 0.6) is 0 Å². The number of nitrogen functional groups attached to an aromatic ring is 1. The summed E-state index contributed by atoms with van der Waals surface area (Å²) in [5.74, 6) is -1.50. The van der Waals surface area contributed by atoms with Crippen LogP contribution in [0.3, 0.4) is 0 Å². The topological polar surface area (TPSA) is 102 Å². The van der Waals surface area contributed by atoms with Gasteiger partial charge in [-0.2, -0.15) is 0 Å². The van der Waals surface area contributed by atoms with Crippen molar-refractivity contribution in [3.05, 3.63) is 35.9 Å². The molecule has 6 heteroatoms. The summed E-state index contributed by atoms with van der Waals surface area (Å²) in [6.07, 6.45) is 3.79. The molecule has 114 valence electrons. The van der Waals surface area contributed by atoms with Gasteiger partial charge in [0, 0.05) is 25.5 Å². The van der Waals surface area contributed by atoms with Gasteiger partial charge in [-0.15, -0.1) is 0 Å². The third kappa shape index (κ3) is 6.58. The Hall–Kier alpha value is -2.34. The lowest BCUT2D eigenvalue weighted by molar-refractivity contribution is -0.141. The molecule has 0 radical (unpaired) electrons. The maximum Gasteiger partial charge on any atom is 0.326 e. The molecule has 0 bridgehead atoms. The predicted molar refractivity (Wildman–Crippen MR) is 80.6 cm³/mol. The van der Waals surface area contributed by atoms with Gasteiger partial charge in [0.2, 0.25) is 5.91 Å². The fourth-order valence-electron chi connectivity index (χ4n) is 1.69. The van der Waals surface area contributed by atoms with Gasteiger partial charge in [0.15, 0.2) is 0 Å². The van der Waals surface area contributed by atoms with E-state index < -0.39 is 17.9 Å². The van der Waals surface area contributed by atoms with Crippen molar-refractivity contribution in [1.29, 1.82) is 0 Å². The molecule has 4 N–H and O–H groups in total. The van der Waals surface area contributed by atoms with Crippen molar-refractivity contribution >= 4 is 23.6 Å². The largest absolute Gasteiger partial charge is 0.480 e. The molecular weight excluding hydrogens is 272 g/mol. The van der Waals surface area contributed by atoms with Crippen molar-refractivity contribution in [2.24, 2.45) is 0 Å². The van der Waals surface area contributed by atoms with Crippen molar-refractivity contribution in [3.8, 4) is 0 Å². The molecule has 1 aromatic rings. The van der Waals surface area contributed by atoms with Gasteiger partial charge in [-0.25, -0.2) is 4.79 Å². The number of amides is 1. The first-order valence-corrected chi connectivity index (χ1v) is 6.59. The molecule has 0 aliphatic rings. The fourth-order valence-corrected chi connectivity index (χ4v) is 1.69. The van der Waals surface area contributed by atoms with Crippen molar-refractivity contribution in [2.45, 2.75) is 18.9 Å². The number of hydrogen-bond donors (Lipinski definition) is 3. The molecule has 6 nitrogen and oxygen atoms in total. The summed E-state index contributed by atoms with van der Waals surface area (Å²) in [4.78, 5) is 22.8. The molecule has 1 atom stereocenters. The van der Waals surface area contributed by atoms with Gasteiger partial charge in [0.1, 0.15) is 6.04 Å². The monoisotopic (exact) mass is 292 g/mol. The van der Waals surface area contributed by atoms with E-state index in [0.717, 1.165) is 5.56 Å². The lowest BCUT2D eigenvalue weighted by Crippen LogP contribution is -2.40. The molecule has 0 saturated carbocycles. The molecule has 1 unspecified atom stereocenters. The van der Waals surface area contributed by atoms with Gasteiger partial charge in [-0.3, -0.25) is 4.79 Å². The van der Waals surface area contributed by atoms with E-state index in [9.17, 15) is 9.59 Å². The number of carbonyl (C=O) groups is 2. The van der Waals surface area contributed by atoms with E-state index in [-0.39, 0.29) is 0 Å². The molecule has 1 rings (SSSR count). The van der Waals surface area contributed by atoms with Crippen molar-refractivity contribution in [2.75, 3.05) is 19.5 Å². The van der Waals surface area contributed by atoms with E-state index in [1.54, 1.807) is 37.5 Å². The van der Waals surface area contributed by atoms with Gasteiger partial charge in [0.05, 0.1) is 0 Å². The minimum absolute atomic E-state index is 0.324. The molecule has 0 aliphatic carbocycles. The van der Waals surface area contributed by atoms with Crippen LogP contribution in [0.2, 0.25) is 0 Å². The Balaban J connectivity index is 2.53. The molecule has 0 heterocycles. The highest BCUT2D eigenvalue weighted by Gasteiger charge is 2.18. The third-order valence-electron chi connectivity index (χ3n) is 2.82. The first-order valence-electron chi connectivity index (χ1n) is 6.59. The zero-order valence-corrected chi connectivity index (χ0v) is 11.9. The Kier molecular flexibility index (Phi) is 6.97. The highest BCUT2D eigenvalue weighted by Crippen LogP contribution is 2.07. The number of benzene rings is 1. The van der Waals surface area contributed by atoms with E-state index in [4.69, 9.17) is 15.6 Å². The highest BCUT2D eigenvalue weighted by molar-refractivity contribution is 5.94. The second-order valence-electron chi connectivity index (χ2n) is 4.53. The first kappa shape index (κ1) is 16.7. The molecule has 0 fully saturated rings. The Morgan fingerprint density at radius 3 is 2.62 bits per heavy atom. The summed E-state index contributed by atoms with van der Waals surface area (Å²) in [5.41, 5.74) is 7.01. The van der Waals surface area contributed by atoms with E-state index in [2.05, 4.69) is 5.32 Å². The van der Waals surface area contributed by atoms with Crippen LogP contribution >= 0.6 is 0 Å². The normalized spacial score (nSPS) is 12.2. The average molecular weight is 292 g/mol. The maximum atomic E-state index is 11.7. The molecule has 0 aromatic heterocycles. The minimum Gasteiger partial charge on any atom is -0.480 e. The third-order valence-corrected chi connectivity index (χ3v) is 2.82. The van der Waals surface area contributed by atoms with Crippen molar-refractivity contribution < 1.29 is 19.4 Å². The summed E-state index contributed by atoms with van der Waals surface area (Å²) in [5, 5.41) is 11.5. The SMILES string of the molecule is COCCCC(NC(=O)/C=C/c1ccc(N)cc1)C(=O)O. The number of rotatable bonds is 8. The maximum absolute atomic E-state index is 11.7. The second-order valence-corrected chi connectivity index (χ2v) is 4.53. The highest BCUT2D eigenvalue weighted by atomic mass is 16.5. The Labute approximate surface area is 123 Å². The number of hydrogen-bond acceptors (Lipinski definition) is 4. The number of nitrogens with one attached hydrogen (secondary N) is 1. The second kappa shape index (κ2) is 8.76. The number of nitrogens with two attached hydrogens (primary N) is 1. The van der Waals surface area contributed by atoms with Gasteiger partial charge in [-0.1, -0.05) is 12.1 Å². The van der Waals surface area contributed by atoms with Crippen LogP contribution in [0, 0.1) is 0 Å². The van der Waals surface area contributed by atoms with Crippen LogP contribution in [0.4, 0.5) is 5.69 Å². The van der Waals surface area contributed by atoms with Gasteiger partial charge in [0.25, 0.3) is 0 Å². The quantitative estimate of drug-likeness (QED) is 0.380. The van der Waals surface area contributed by atoms with Crippen LogP contribution in [0.25, 0.3) is 6.08 Å². The molecule has 1 amide bonds. The summed E-state index contributed by atoms with van der Waals surface area (Å²) < 4.78 is 4.86. The zero-order chi connectivity index (χ0) is 15.7. The van der Waals surface area contributed by atoms with Crippen molar-refractivity contribution in [1.82, 2.24) is 5.32 Å². The average Bonchev–Trinajstić information content (AvgIpc) is 2.45. The van der Waals surface area contributed by atoms with Crippen molar-refractivity contribution in [3.63, 3.8) is 0 Å². The molecule has 1 aromatic carbocycles. The van der Waals surface area contributed by atoms with Crippen LogP contribution in [-0.4, -0.2) is 36.7 Å². The van der Waals surface area contributed by atoms with E-state index in [1.807, 2.05) is 0 Å². The number of aliphatic carboxylic acids is 1. The van der Waals surface area contributed by atoms with Gasteiger partial charge >= 0.3 is 5.97 Å². The Bertz CT molecular complexity index is 497. The molecule has 21 heavy (non-hydrogen) atoms. The number of methoxy groups -OCH3 is 1. The lowest BCUT2D eigenvalue weighted by atomic mass is 10.1. The van der Waals surface area contributed by atoms with E-state index in [1.165, 1.54) is 6.08 Å². The summed E-state index contributed by atoms with van der Waals surface area (Å²) in [7, 11) is 1.55. The van der Waals surface area contributed by atoms with Crippen LogP contribution in [-0.2, 0) is 14.3 Å². The van der Waals surface area contributed by atoms with Gasteiger partial charge in [-0.05, 0) is 36.6 Å². The Morgan fingerprint density at radius 2 is 2.05 bits per heavy atom. The number of carbonyl (C=O) groups excluding carboxylic acids is 1. The summed E-state index contributed by atoms with van der Waals surface area (Å²) >= 11 is 0. The summed E-state index contributed by atoms with van der Waals surface area (Å²) in [6.45, 7) is 0.459. The van der Waals surface area contributed by atoms with Crippen LogP contribution in [0.1, 0.15) is 18.4 Å². The fraction of sp³-hybridized carbons (Fsp3) is 0.333. The molecule has 0 saturated heterocycles. The summed E-state index contributed by atoms with van der Waals surface area (Å²) in [6, 6.07) is 6.08. The van der Waals surface area contributed by atoms with Crippen LogP contribution in [0.15, 0.2) is 30.3 Å². The van der Waals surface area contributed by atoms with E-state index >= 15 is 0 Å². The zero-order valence-electron chi connectivity index (χ0n) is 11.9. The van der Waals surface area contributed by atoms with E-state index in [0.29, 0.717) is 25.1 Å². The number of carboxylic acids is 1. The Morgan fingerprint density at radius 1 is 1.38 bits per heavy atom. The molecule has 0 spiro atoms. The minimum atomic E-state index is -1.06. The number of ether oxygens (including phenoxy) is 1. The molecular formula is C15H20N2O4. The predicted octanol–water partition coefficient (Wildman–Crippen LogP) is 1.28. The number of anilines is 1.